The first-order valence-electron chi connectivity index (χ1n) is 7.76. The Balaban J connectivity index is 2.10. The predicted octanol–water partition coefficient (Wildman–Crippen LogP) is 0.646. The molecule has 1 rings (SSSR count). The minimum Gasteiger partial charge on any atom is -0.379 e. The summed E-state index contributed by atoms with van der Waals surface area (Å²) in [5, 5.41) is 5.46. The number of rotatable bonds is 11. The number of carbonyl (C=O) groups is 2. The summed E-state index contributed by atoms with van der Waals surface area (Å²) in [4.78, 5) is 27.3. The second-order valence-corrected chi connectivity index (χ2v) is 4.88. The van der Waals surface area contributed by atoms with Crippen molar-refractivity contribution < 1.29 is 19.1 Å². The van der Waals surface area contributed by atoms with Gasteiger partial charge in [0.2, 0.25) is 11.8 Å². The molecule has 1 heterocycles. The van der Waals surface area contributed by atoms with Crippen LogP contribution in [0.15, 0.2) is 24.5 Å². The van der Waals surface area contributed by atoms with E-state index in [1.54, 1.807) is 19.3 Å². The van der Waals surface area contributed by atoms with Crippen molar-refractivity contribution in [3.05, 3.63) is 30.1 Å². The van der Waals surface area contributed by atoms with Crippen molar-refractivity contribution in [1.29, 1.82) is 0 Å². The molecular formula is C16H25N3O4. The van der Waals surface area contributed by atoms with E-state index in [4.69, 9.17) is 9.47 Å². The summed E-state index contributed by atoms with van der Waals surface area (Å²) >= 11 is 0. The van der Waals surface area contributed by atoms with Crippen LogP contribution in [0, 0.1) is 0 Å². The monoisotopic (exact) mass is 323 g/mol. The van der Waals surface area contributed by atoms with Crippen molar-refractivity contribution in [1.82, 2.24) is 15.6 Å². The third-order valence-corrected chi connectivity index (χ3v) is 3.06. The lowest BCUT2D eigenvalue weighted by Crippen LogP contribution is -2.37. The van der Waals surface area contributed by atoms with E-state index in [9.17, 15) is 9.59 Å². The lowest BCUT2D eigenvalue weighted by molar-refractivity contribution is -0.132. The van der Waals surface area contributed by atoms with E-state index >= 15 is 0 Å². The Kier molecular flexibility index (Phi) is 9.58. The minimum atomic E-state index is -0.560. The maximum absolute atomic E-state index is 11.8. The molecule has 1 aromatic heterocycles. The molecule has 0 aliphatic carbocycles. The van der Waals surface area contributed by atoms with Crippen LogP contribution in [0.3, 0.4) is 0 Å². The summed E-state index contributed by atoms with van der Waals surface area (Å²) in [6, 6.07) is 3.67. The Morgan fingerprint density at radius 3 is 2.65 bits per heavy atom. The van der Waals surface area contributed by atoms with Gasteiger partial charge in [-0.25, -0.2) is 0 Å². The number of pyridine rings is 1. The Morgan fingerprint density at radius 1 is 1.22 bits per heavy atom. The van der Waals surface area contributed by atoms with Gasteiger partial charge in [0.25, 0.3) is 0 Å². The molecule has 7 heteroatoms. The van der Waals surface area contributed by atoms with Crippen molar-refractivity contribution in [2.75, 3.05) is 26.4 Å². The van der Waals surface area contributed by atoms with E-state index < -0.39 is 6.10 Å². The Bertz CT molecular complexity index is 468. The number of carbonyl (C=O) groups excluding carboxylic acids is 2. The van der Waals surface area contributed by atoms with Crippen LogP contribution in [-0.4, -0.2) is 49.3 Å². The fourth-order valence-electron chi connectivity index (χ4n) is 1.74. The Hall–Kier alpha value is -1.99. The van der Waals surface area contributed by atoms with Crippen LogP contribution in [0.2, 0.25) is 0 Å². The fraction of sp³-hybridized carbons (Fsp3) is 0.562. The minimum absolute atomic E-state index is 0.118. The molecule has 7 nitrogen and oxygen atoms in total. The van der Waals surface area contributed by atoms with Crippen molar-refractivity contribution >= 4 is 11.8 Å². The van der Waals surface area contributed by atoms with Crippen molar-refractivity contribution in [3.63, 3.8) is 0 Å². The summed E-state index contributed by atoms with van der Waals surface area (Å²) in [5.74, 6) is -0.351. The molecule has 0 saturated carbocycles. The van der Waals surface area contributed by atoms with Crippen molar-refractivity contribution in [2.24, 2.45) is 0 Å². The first-order chi connectivity index (χ1) is 11.1. The summed E-state index contributed by atoms with van der Waals surface area (Å²) < 4.78 is 10.5. The number of ether oxygens (including phenoxy) is 2. The lowest BCUT2D eigenvalue weighted by Gasteiger charge is -2.13. The van der Waals surface area contributed by atoms with Crippen LogP contribution in [0.5, 0.6) is 0 Å². The van der Waals surface area contributed by atoms with Gasteiger partial charge in [0, 0.05) is 38.5 Å². The van der Waals surface area contributed by atoms with Gasteiger partial charge in [-0.15, -0.1) is 0 Å². The van der Waals surface area contributed by atoms with Crippen LogP contribution in [0.1, 0.15) is 25.8 Å². The number of nitrogens with one attached hydrogen (secondary N) is 2. The molecule has 128 valence electrons. The molecule has 0 radical (unpaired) electrons. The summed E-state index contributed by atoms with van der Waals surface area (Å²) in [5.41, 5.74) is 0.980. The summed E-state index contributed by atoms with van der Waals surface area (Å²) in [7, 11) is 0. The molecule has 0 aromatic carbocycles. The molecule has 2 amide bonds. The van der Waals surface area contributed by atoms with Gasteiger partial charge < -0.3 is 20.1 Å². The van der Waals surface area contributed by atoms with Gasteiger partial charge in [-0.05, 0) is 31.5 Å². The highest BCUT2D eigenvalue weighted by atomic mass is 16.5. The normalized spacial score (nSPS) is 11.7. The highest BCUT2D eigenvalue weighted by Crippen LogP contribution is 1.95. The van der Waals surface area contributed by atoms with Gasteiger partial charge in [0.15, 0.2) is 0 Å². The van der Waals surface area contributed by atoms with Crippen LogP contribution in [-0.2, 0) is 25.6 Å². The van der Waals surface area contributed by atoms with E-state index in [0.29, 0.717) is 26.4 Å². The highest BCUT2D eigenvalue weighted by Gasteiger charge is 2.13. The number of hydrogen-bond donors (Lipinski definition) is 2. The number of nitrogens with zero attached hydrogens (tertiary/aromatic N) is 1. The molecule has 0 bridgehead atoms. The average Bonchev–Trinajstić information content (AvgIpc) is 2.57. The lowest BCUT2D eigenvalue weighted by atomic mass is 10.2. The van der Waals surface area contributed by atoms with E-state index in [0.717, 1.165) is 5.56 Å². The first kappa shape index (κ1) is 19.1. The van der Waals surface area contributed by atoms with Crippen LogP contribution in [0.25, 0.3) is 0 Å². The quantitative estimate of drug-likeness (QED) is 0.584. The zero-order chi connectivity index (χ0) is 16.9. The summed E-state index contributed by atoms with van der Waals surface area (Å²) in [6.45, 7) is 5.76. The molecule has 23 heavy (non-hydrogen) atoms. The molecule has 0 unspecified atom stereocenters. The second kappa shape index (κ2) is 11.6. The van der Waals surface area contributed by atoms with Gasteiger partial charge >= 0.3 is 0 Å². The number of hydrogen-bond acceptors (Lipinski definition) is 5. The molecule has 1 atom stereocenters. The molecule has 0 saturated heterocycles. The van der Waals surface area contributed by atoms with Gasteiger partial charge in [-0.1, -0.05) is 0 Å². The van der Waals surface area contributed by atoms with E-state index in [1.165, 1.54) is 0 Å². The predicted molar refractivity (Wildman–Crippen MR) is 85.6 cm³/mol. The van der Waals surface area contributed by atoms with E-state index in [-0.39, 0.29) is 24.8 Å². The maximum Gasteiger partial charge on any atom is 0.248 e. The largest absolute Gasteiger partial charge is 0.379 e. The number of aromatic nitrogens is 1. The van der Waals surface area contributed by atoms with Gasteiger partial charge in [0.05, 0.1) is 13.2 Å². The average molecular weight is 323 g/mol. The molecule has 1 aromatic rings. The fourth-order valence-corrected chi connectivity index (χ4v) is 1.74. The topological polar surface area (TPSA) is 89.5 Å². The van der Waals surface area contributed by atoms with Crippen molar-refractivity contribution in [3.8, 4) is 0 Å². The van der Waals surface area contributed by atoms with E-state index in [2.05, 4.69) is 15.6 Å². The second-order valence-electron chi connectivity index (χ2n) is 4.88. The highest BCUT2D eigenvalue weighted by molar-refractivity contribution is 5.81. The molecule has 0 fully saturated rings. The summed E-state index contributed by atoms with van der Waals surface area (Å²) in [6.07, 6.45) is 3.02. The van der Waals surface area contributed by atoms with E-state index in [1.807, 2.05) is 19.1 Å². The molecular weight excluding hydrogens is 298 g/mol. The zero-order valence-electron chi connectivity index (χ0n) is 13.7. The van der Waals surface area contributed by atoms with Crippen LogP contribution in [0.4, 0.5) is 0 Å². The van der Waals surface area contributed by atoms with Crippen LogP contribution >= 0.6 is 0 Å². The molecule has 2 N–H and O–H groups in total. The zero-order valence-corrected chi connectivity index (χ0v) is 13.7. The van der Waals surface area contributed by atoms with Gasteiger partial charge in [0.1, 0.15) is 6.10 Å². The smallest absolute Gasteiger partial charge is 0.248 e. The first-order valence-corrected chi connectivity index (χ1v) is 7.76. The maximum atomic E-state index is 11.8. The SMILES string of the molecule is CCOCCO[C@@H](C)C(=O)NCCC(=O)NCc1ccncc1. The molecule has 0 aliphatic heterocycles. The van der Waals surface area contributed by atoms with Crippen LogP contribution < -0.4 is 10.6 Å². The molecule has 0 spiro atoms. The Morgan fingerprint density at radius 2 is 1.96 bits per heavy atom. The van der Waals surface area contributed by atoms with Crippen molar-refractivity contribution in [2.45, 2.75) is 32.9 Å². The molecule has 0 aliphatic rings. The third kappa shape index (κ3) is 8.90. The van der Waals surface area contributed by atoms with Gasteiger partial charge in [-0.2, -0.15) is 0 Å². The van der Waals surface area contributed by atoms with Gasteiger partial charge in [-0.3, -0.25) is 14.6 Å². The Labute approximate surface area is 136 Å². The standard InChI is InChI=1S/C16H25N3O4/c1-3-22-10-11-23-13(2)16(21)18-9-6-15(20)19-12-14-4-7-17-8-5-14/h4-5,7-8,13H,3,6,9-12H2,1-2H3,(H,18,21)(H,19,20)/t13-/m0/s1. The third-order valence-electron chi connectivity index (χ3n) is 3.06. The number of amides is 2.